The van der Waals surface area contributed by atoms with Gasteiger partial charge >= 0.3 is 0 Å². The zero-order valence-electron chi connectivity index (χ0n) is 73.9. The van der Waals surface area contributed by atoms with Gasteiger partial charge in [-0.25, -0.2) is 47.5 Å². The van der Waals surface area contributed by atoms with E-state index >= 15 is 0 Å². The number of nitrogens with zero attached hydrogens (tertiary/aromatic N) is 20. The van der Waals surface area contributed by atoms with Crippen molar-refractivity contribution in [2.24, 2.45) is 31.8 Å². The third kappa shape index (κ3) is 15.5. The minimum Gasteiger partial charge on any atom is -0.381 e. The van der Waals surface area contributed by atoms with Gasteiger partial charge in [-0.15, -0.1) is 0 Å². The normalized spacial score (nSPS) is 22.9. The fourth-order valence-electron chi connectivity index (χ4n) is 21.5. The lowest BCUT2D eigenvalue weighted by Crippen LogP contribution is -2.52. The molecule has 5 aliphatic carbocycles. The molecule has 4 N–H and O–H groups in total. The minimum atomic E-state index is -2.87. The maximum absolute atomic E-state index is 13.6. The smallest absolute Gasteiger partial charge is 0.270 e. The molecule has 29 nitrogen and oxygen atoms in total. The highest BCUT2D eigenvalue weighted by Gasteiger charge is 2.55. The summed E-state index contributed by atoms with van der Waals surface area (Å²) < 4.78 is 40.6. The number of amides is 4. The molecule has 668 valence electrons. The van der Waals surface area contributed by atoms with Crippen LogP contribution in [0, 0.1) is 23.7 Å². The summed E-state index contributed by atoms with van der Waals surface area (Å²) in [6.07, 6.45) is 20.9. The number of carbonyl (C=O) groups is 4. The Morgan fingerprint density at radius 3 is 1.21 bits per heavy atom. The van der Waals surface area contributed by atoms with Gasteiger partial charge in [0.25, 0.3) is 29.6 Å². The Morgan fingerprint density at radius 1 is 0.392 bits per heavy atom. The number of hydrogen-bond acceptors (Lipinski definition) is 21. The molecule has 0 spiro atoms. The lowest BCUT2D eigenvalue weighted by Gasteiger charge is -2.36. The van der Waals surface area contributed by atoms with E-state index in [2.05, 4.69) is 57.4 Å². The third-order valence-corrected chi connectivity index (χ3v) is 28.1. The number of ether oxygens (including phenoxy) is 1. The summed E-state index contributed by atoms with van der Waals surface area (Å²) in [5.41, 5.74) is 7.96. The van der Waals surface area contributed by atoms with E-state index < -0.39 is 5.92 Å². The van der Waals surface area contributed by atoms with Crippen LogP contribution < -0.4 is 40.9 Å². The summed E-state index contributed by atoms with van der Waals surface area (Å²) in [7, 11) is 7.25. The summed E-state index contributed by atoms with van der Waals surface area (Å²) in [6, 6.07) is 57.9. The second-order valence-electron chi connectivity index (χ2n) is 36.5. The molecule has 0 bridgehead atoms. The van der Waals surface area contributed by atoms with Gasteiger partial charge in [-0.3, -0.25) is 58.4 Å². The largest absolute Gasteiger partial charge is 0.381 e. The van der Waals surface area contributed by atoms with Crippen LogP contribution in [0.4, 0.5) is 78.1 Å². The first-order valence-electron chi connectivity index (χ1n) is 46.3. The lowest BCUT2D eigenvalue weighted by atomic mass is 10.0. The van der Waals surface area contributed by atoms with Crippen molar-refractivity contribution in [2.75, 3.05) is 82.3 Å². The Kier molecular flexibility index (Phi) is 22.3. The van der Waals surface area contributed by atoms with Crippen LogP contribution in [-0.4, -0.2) is 196 Å². The predicted molar refractivity (Wildman–Crippen MR) is 500 cm³/mol. The number of carbonyl (C=O) groups excluding carboxylic acids is 4. The van der Waals surface area contributed by atoms with Gasteiger partial charge in [0.2, 0.25) is 23.8 Å². The van der Waals surface area contributed by atoms with E-state index in [1.165, 1.54) is 50.7 Å². The number of hydrogen-bond donors (Lipinski definition) is 4. The van der Waals surface area contributed by atoms with Crippen molar-refractivity contribution in [3.05, 3.63) is 215 Å². The van der Waals surface area contributed by atoms with Crippen LogP contribution in [0.1, 0.15) is 181 Å². The molecule has 1 saturated heterocycles. The molecule has 24 rings (SSSR count). The van der Waals surface area contributed by atoms with Crippen molar-refractivity contribution < 1.29 is 32.7 Å². The first-order chi connectivity index (χ1) is 63.4. The van der Waals surface area contributed by atoms with Gasteiger partial charge in [-0.2, -0.15) is 20.4 Å². The van der Waals surface area contributed by atoms with Crippen molar-refractivity contribution in [3.63, 3.8) is 0 Å². The standard InChI is InChI=1S/C27H28F2N6O.C26H24N6O.C23H28N6O2.C23H28N6O/c1-27(28,29)18-13-11-17(12-14-18)15-16-34-23(30-19-7-4-3-5-8-19)22-24(32-34)35-21-10-6-9-20(21)31-26(35)33(2)25(22)36;1-30-25(33)22-23(27-19-13-6-3-7-14-19)29-31(17-9-12-18-10-4-2-5-11-18)24(22)32-21-16-8-15-20(21)28-26(30)32;1-27-22(30)19-20(24-16-6-3-2-4-7-16)28(14-15-10-12-31-13-11-15)26-21(19)29-18-9-5-8-17(18)25-23(27)29;1-27-22(30)19-20(24-16-10-3-2-4-11-16)26-28(14-15-8-5-6-9-15)21(19)29-18-13-7-12-17(18)25-23(27)29/h3-5,7-8,11-14,20-21,30H,6,9-10,15-16H2,1-2H3;2-7,10-11,13-14,20-21H,8,15-17H2,1H3,(H,27,29);2-4,6-7,15,17-18,24H,5,8-14H2,1H3;2-4,10-11,15,17-18H,5-9,12-14H2,1H3,(H,24,26)/t2*20-,21+;2*17-,18+/m1111/s1. The third-order valence-electron chi connectivity index (χ3n) is 28.1. The van der Waals surface area contributed by atoms with Crippen molar-refractivity contribution in [1.29, 1.82) is 0 Å². The first-order valence-corrected chi connectivity index (χ1v) is 46.3. The van der Waals surface area contributed by atoms with Crippen molar-refractivity contribution >= 4 is 117 Å². The van der Waals surface area contributed by atoms with Gasteiger partial charge in [0.15, 0.2) is 23.3 Å². The van der Waals surface area contributed by atoms with Crippen LogP contribution in [0.2, 0.25) is 0 Å². The molecule has 14 aliphatic rings. The zero-order valence-corrected chi connectivity index (χ0v) is 73.9. The Labute approximate surface area is 754 Å². The monoisotopic (exact) mass is 1750 g/mol. The topological polar surface area (TPSA) is 272 Å². The summed E-state index contributed by atoms with van der Waals surface area (Å²) in [5.74, 6) is 13.2. The summed E-state index contributed by atoms with van der Waals surface area (Å²) in [6.45, 7) is 4.99. The maximum Gasteiger partial charge on any atom is 0.270 e. The Morgan fingerprint density at radius 2 is 0.762 bits per heavy atom. The highest BCUT2D eigenvalue weighted by molar-refractivity contribution is 6.24. The second-order valence-corrected chi connectivity index (χ2v) is 36.5. The van der Waals surface area contributed by atoms with E-state index in [1.807, 2.05) is 180 Å². The van der Waals surface area contributed by atoms with Crippen LogP contribution in [-0.2, 0) is 43.3 Å². The summed E-state index contributed by atoms with van der Waals surface area (Å²) >= 11 is 0. The highest BCUT2D eigenvalue weighted by atomic mass is 19.3. The average Bonchev–Trinajstić information content (AvgIpc) is 1.59. The number of nitrogens with one attached hydrogen (secondary N) is 4. The molecule has 8 atom stereocenters. The molecule has 130 heavy (non-hydrogen) atoms. The zero-order chi connectivity index (χ0) is 88.6. The van der Waals surface area contributed by atoms with E-state index in [-0.39, 0.29) is 59.4 Å². The Bertz CT molecular complexity index is 6140. The van der Waals surface area contributed by atoms with Crippen molar-refractivity contribution in [1.82, 2.24) is 58.7 Å². The van der Waals surface area contributed by atoms with E-state index in [0.717, 1.165) is 185 Å². The molecule has 4 amide bonds. The van der Waals surface area contributed by atoms with Gasteiger partial charge in [0.05, 0.1) is 48.3 Å². The van der Waals surface area contributed by atoms with Gasteiger partial charge in [-0.05, 0) is 187 Å². The number of fused-ring (bicyclic) bond motifs is 20. The number of aliphatic imine (C=N–C) groups is 4. The summed E-state index contributed by atoms with van der Waals surface area (Å²) in [4.78, 5) is 89.3. The lowest BCUT2D eigenvalue weighted by molar-refractivity contribution is 0.0174. The van der Waals surface area contributed by atoms with Gasteiger partial charge in [0, 0.05) is 102 Å². The van der Waals surface area contributed by atoms with E-state index in [9.17, 15) is 28.0 Å². The molecule has 6 aromatic carbocycles. The summed E-state index contributed by atoms with van der Waals surface area (Å²) in [5, 5.41) is 33.5. The number of guanidine groups is 4. The number of halogens is 2. The predicted octanol–water partition coefficient (Wildman–Crippen LogP) is 16.3. The molecule has 0 unspecified atom stereocenters. The minimum absolute atomic E-state index is 0.00663. The maximum atomic E-state index is 13.6. The van der Waals surface area contributed by atoms with Gasteiger partial charge in [0.1, 0.15) is 52.1 Å². The van der Waals surface area contributed by atoms with Crippen LogP contribution in [0.3, 0.4) is 0 Å². The van der Waals surface area contributed by atoms with E-state index in [0.29, 0.717) is 101 Å². The highest BCUT2D eigenvalue weighted by Crippen LogP contribution is 2.50. The quantitative estimate of drug-likeness (QED) is 0.0617. The van der Waals surface area contributed by atoms with Crippen LogP contribution in [0.15, 0.2) is 196 Å². The number of anilines is 12. The Hall–Kier alpha value is -13.5. The first kappa shape index (κ1) is 83.4. The SMILES string of the molecule is CN1C(=O)c2c(Nc3ccccc3)nn(CC#Cc3ccccc3)c2N2C1=N[C@@H]1CCC[C@@H]12.CN1C(=O)c2c(Nc3ccccc3)nn(CC3CCCC3)c2N2C1=N[C@@H]1CCC[C@@H]12.CN1C(=O)c2c(nn(CC3CCOCC3)c2Nc2ccccc2)N2C1=N[C@@H]1CCC[C@@H]12.CN1C(=O)c2c(nn(CCc3ccc(C(C)(F)F)cc3)c2Nc2ccccc2)N2C1=N[C@@H]1CCC[C@@H]12. The van der Waals surface area contributed by atoms with E-state index in [1.54, 1.807) is 45.8 Å². The molecular weight excluding hydrogens is 1640 g/mol. The number of alkyl halides is 2. The Balaban J connectivity index is 0.000000105. The molecule has 0 radical (unpaired) electrons. The van der Waals surface area contributed by atoms with Gasteiger partial charge in [-0.1, -0.05) is 140 Å². The van der Waals surface area contributed by atoms with Crippen LogP contribution in [0.25, 0.3) is 0 Å². The number of rotatable bonds is 17. The fraction of sp³-hybridized carbons (Fsp3) is 0.414. The van der Waals surface area contributed by atoms with E-state index in [4.69, 9.17) is 45.1 Å². The molecule has 13 heterocycles. The number of para-hydroxylation sites is 4. The van der Waals surface area contributed by atoms with Crippen molar-refractivity contribution in [2.45, 2.75) is 209 Å². The number of aryl methyl sites for hydroxylation is 2. The molecular formula is C99H108F2N24O5. The molecule has 31 heteroatoms. The van der Waals surface area contributed by atoms with Gasteiger partial charge < -0.3 is 26.0 Å². The number of aromatic nitrogens is 8. The molecule has 6 fully saturated rings. The molecule has 4 aromatic heterocycles. The molecule has 9 aliphatic heterocycles. The second kappa shape index (κ2) is 34.8. The molecule has 5 saturated carbocycles. The van der Waals surface area contributed by atoms with Crippen LogP contribution >= 0.6 is 0 Å². The van der Waals surface area contributed by atoms with Crippen molar-refractivity contribution in [3.8, 4) is 11.8 Å². The molecule has 10 aromatic rings. The van der Waals surface area contributed by atoms with Crippen LogP contribution in [0.5, 0.6) is 0 Å². The average molecular weight is 1750 g/mol. The fourth-order valence-corrected chi connectivity index (χ4v) is 21.5. The number of benzene rings is 6.